The van der Waals surface area contributed by atoms with Crippen molar-refractivity contribution in [3.8, 4) is 33.6 Å². The lowest BCUT2D eigenvalue weighted by Gasteiger charge is -2.27. The van der Waals surface area contributed by atoms with Crippen molar-refractivity contribution in [3.63, 3.8) is 0 Å². The second-order valence-corrected chi connectivity index (χ2v) is 12.2. The van der Waals surface area contributed by atoms with Crippen molar-refractivity contribution in [1.82, 2.24) is 0 Å². The fourth-order valence-corrected chi connectivity index (χ4v) is 6.90. The van der Waals surface area contributed by atoms with E-state index in [0.717, 1.165) is 50.5 Å². The minimum absolute atomic E-state index is 0.878. The zero-order valence-corrected chi connectivity index (χ0v) is 26.3. The molecular weight excluding hydrogens is 583 g/mol. The van der Waals surface area contributed by atoms with Crippen LogP contribution in [0.4, 0.5) is 17.1 Å². The Morgan fingerprint density at radius 3 is 1.81 bits per heavy atom. The smallest absolute Gasteiger partial charge is 0.135 e. The quantitative estimate of drug-likeness (QED) is 0.185. The average Bonchev–Trinajstić information content (AvgIpc) is 3.60. The maximum absolute atomic E-state index is 6.19. The Labute approximate surface area is 279 Å². The molecule has 48 heavy (non-hydrogen) atoms. The molecule has 9 rings (SSSR count). The topological polar surface area (TPSA) is 16.4 Å². The first kappa shape index (κ1) is 27.9. The Balaban J connectivity index is 1.14. The molecule has 0 N–H and O–H groups in total. The molecule has 0 spiro atoms. The van der Waals surface area contributed by atoms with Crippen molar-refractivity contribution >= 4 is 49.6 Å². The summed E-state index contributed by atoms with van der Waals surface area (Å²) >= 11 is 0. The van der Waals surface area contributed by atoms with E-state index in [4.69, 9.17) is 4.42 Å². The minimum atomic E-state index is 0.878. The van der Waals surface area contributed by atoms with Crippen molar-refractivity contribution in [3.05, 3.63) is 188 Å². The van der Waals surface area contributed by atoms with Gasteiger partial charge in [0.05, 0.1) is 5.69 Å². The summed E-state index contributed by atoms with van der Waals surface area (Å²) in [5, 5.41) is 6.03. The van der Waals surface area contributed by atoms with Gasteiger partial charge in [0.1, 0.15) is 11.3 Å². The molecule has 226 valence electrons. The van der Waals surface area contributed by atoms with Gasteiger partial charge in [0.25, 0.3) is 0 Å². The first-order valence-corrected chi connectivity index (χ1v) is 16.3. The second kappa shape index (κ2) is 11.8. The van der Waals surface area contributed by atoms with Gasteiger partial charge in [0.15, 0.2) is 0 Å². The van der Waals surface area contributed by atoms with Gasteiger partial charge in [-0.15, -0.1) is 0 Å². The van der Waals surface area contributed by atoms with Gasteiger partial charge in [-0.05, 0) is 86.9 Å². The van der Waals surface area contributed by atoms with Crippen molar-refractivity contribution in [2.24, 2.45) is 0 Å². The molecule has 0 radical (unpaired) electrons. The summed E-state index contributed by atoms with van der Waals surface area (Å²) in [5.41, 5.74) is 10.0. The first-order chi connectivity index (χ1) is 23.8. The molecule has 0 atom stereocenters. The van der Waals surface area contributed by atoms with Gasteiger partial charge in [0.2, 0.25) is 0 Å². The first-order valence-electron chi connectivity index (χ1n) is 16.3. The molecule has 0 unspecified atom stereocenters. The summed E-state index contributed by atoms with van der Waals surface area (Å²) in [6, 6.07) is 67.0. The highest BCUT2D eigenvalue weighted by Gasteiger charge is 2.17. The zero-order chi connectivity index (χ0) is 31.9. The highest BCUT2D eigenvalue weighted by Crippen LogP contribution is 2.41. The Morgan fingerprint density at radius 2 is 0.979 bits per heavy atom. The summed E-state index contributed by atoms with van der Waals surface area (Å²) in [6.45, 7) is 0. The summed E-state index contributed by atoms with van der Waals surface area (Å²) in [6.07, 6.45) is 0. The van der Waals surface area contributed by atoms with Gasteiger partial charge in [-0.1, -0.05) is 140 Å². The highest BCUT2D eigenvalue weighted by molar-refractivity contribution is 6.01. The van der Waals surface area contributed by atoms with Crippen molar-refractivity contribution in [1.29, 1.82) is 0 Å². The Morgan fingerprint density at radius 1 is 0.354 bits per heavy atom. The number of hydrogen-bond acceptors (Lipinski definition) is 2. The van der Waals surface area contributed by atoms with Crippen LogP contribution in [0, 0.1) is 0 Å². The molecule has 9 aromatic rings. The third-order valence-corrected chi connectivity index (χ3v) is 9.24. The number of nitrogens with zero attached hydrogens (tertiary/aromatic N) is 1. The maximum Gasteiger partial charge on any atom is 0.135 e. The molecule has 1 aromatic heterocycles. The number of fused-ring (bicyclic) bond motifs is 3. The third kappa shape index (κ3) is 5.01. The summed E-state index contributed by atoms with van der Waals surface area (Å²) < 4.78 is 6.19. The van der Waals surface area contributed by atoms with Crippen LogP contribution >= 0.6 is 0 Å². The Kier molecular flexibility index (Phi) is 6.84. The van der Waals surface area contributed by atoms with Gasteiger partial charge < -0.3 is 9.32 Å². The molecular formula is C46H31NO. The van der Waals surface area contributed by atoms with Crippen LogP contribution in [0.3, 0.4) is 0 Å². The van der Waals surface area contributed by atoms with E-state index in [1.54, 1.807) is 0 Å². The van der Waals surface area contributed by atoms with Crippen LogP contribution in [0.1, 0.15) is 0 Å². The standard InChI is InChI=1S/C46H31NO/c1-4-20-41-33(11-1)14-9-22-42(41)36-17-8-19-40(30-36)47(44-23-10-15-34-12-2-5-21-43(34)44)39-27-25-32(26-28-39)35-16-7-18-37(29-35)46-31-38-13-3-6-24-45(38)48-46/h1-31H. The number of hydrogen-bond donors (Lipinski definition) is 0. The largest absolute Gasteiger partial charge is 0.456 e. The van der Waals surface area contributed by atoms with E-state index >= 15 is 0 Å². The van der Waals surface area contributed by atoms with E-state index in [1.807, 2.05) is 18.2 Å². The number of rotatable bonds is 6. The number of benzene rings is 8. The van der Waals surface area contributed by atoms with Crippen molar-refractivity contribution in [2.75, 3.05) is 4.90 Å². The van der Waals surface area contributed by atoms with E-state index in [-0.39, 0.29) is 0 Å². The van der Waals surface area contributed by atoms with Crippen LogP contribution in [0.5, 0.6) is 0 Å². The summed E-state index contributed by atoms with van der Waals surface area (Å²) in [7, 11) is 0. The third-order valence-electron chi connectivity index (χ3n) is 9.24. The lowest BCUT2D eigenvalue weighted by molar-refractivity contribution is 0.631. The average molecular weight is 614 g/mol. The highest BCUT2D eigenvalue weighted by atomic mass is 16.3. The van der Waals surface area contributed by atoms with Gasteiger partial charge in [0, 0.05) is 27.7 Å². The number of furan rings is 1. The molecule has 0 fully saturated rings. The molecule has 0 amide bonds. The molecule has 0 aliphatic heterocycles. The minimum Gasteiger partial charge on any atom is -0.456 e. The molecule has 0 aliphatic rings. The van der Waals surface area contributed by atoms with E-state index in [0.29, 0.717) is 0 Å². The second-order valence-electron chi connectivity index (χ2n) is 12.2. The molecule has 0 saturated carbocycles. The van der Waals surface area contributed by atoms with Crippen LogP contribution in [0.15, 0.2) is 192 Å². The van der Waals surface area contributed by atoms with Crippen LogP contribution in [0.2, 0.25) is 0 Å². The SMILES string of the molecule is c1cc(-c2ccc(N(c3cccc(-c4cccc5ccccc45)c3)c3cccc4ccccc34)cc2)cc(-c2cc3ccccc3o2)c1. The zero-order valence-electron chi connectivity index (χ0n) is 26.3. The van der Waals surface area contributed by atoms with Gasteiger partial charge in [-0.25, -0.2) is 0 Å². The van der Waals surface area contributed by atoms with Gasteiger partial charge in [-0.3, -0.25) is 0 Å². The summed E-state index contributed by atoms with van der Waals surface area (Å²) in [5.74, 6) is 0.878. The van der Waals surface area contributed by atoms with Gasteiger partial charge >= 0.3 is 0 Å². The summed E-state index contributed by atoms with van der Waals surface area (Å²) in [4.78, 5) is 2.38. The van der Waals surface area contributed by atoms with E-state index in [9.17, 15) is 0 Å². The molecule has 0 bridgehead atoms. The molecule has 0 saturated heterocycles. The monoisotopic (exact) mass is 613 g/mol. The lowest BCUT2D eigenvalue weighted by atomic mass is 9.97. The fraction of sp³-hybridized carbons (Fsp3) is 0. The predicted molar refractivity (Wildman–Crippen MR) is 202 cm³/mol. The molecule has 2 nitrogen and oxygen atoms in total. The Hall–Kier alpha value is -6.38. The van der Waals surface area contributed by atoms with E-state index < -0.39 is 0 Å². The molecule has 2 heteroatoms. The number of para-hydroxylation sites is 1. The number of anilines is 3. The van der Waals surface area contributed by atoms with Crippen LogP contribution < -0.4 is 4.90 Å². The molecule has 1 heterocycles. The van der Waals surface area contributed by atoms with Crippen LogP contribution in [-0.4, -0.2) is 0 Å². The molecule has 8 aromatic carbocycles. The normalized spacial score (nSPS) is 11.3. The van der Waals surface area contributed by atoms with Crippen molar-refractivity contribution < 1.29 is 4.42 Å². The maximum atomic E-state index is 6.19. The van der Waals surface area contributed by atoms with Crippen LogP contribution in [0.25, 0.3) is 66.1 Å². The van der Waals surface area contributed by atoms with E-state index in [1.165, 1.54) is 32.7 Å². The lowest BCUT2D eigenvalue weighted by Crippen LogP contribution is -2.10. The van der Waals surface area contributed by atoms with E-state index in [2.05, 4.69) is 175 Å². The van der Waals surface area contributed by atoms with Gasteiger partial charge in [-0.2, -0.15) is 0 Å². The van der Waals surface area contributed by atoms with Crippen LogP contribution in [-0.2, 0) is 0 Å². The fourth-order valence-electron chi connectivity index (χ4n) is 6.90. The Bertz CT molecular complexity index is 2530. The predicted octanol–water partition coefficient (Wildman–Crippen LogP) is 13.2. The van der Waals surface area contributed by atoms with Crippen molar-refractivity contribution in [2.45, 2.75) is 0 Å². The molecule has 0 aliphatic carbocycles.